The molecular formula is C18H23FN2O. The number of benzene rings is 2. The molecule has 1 unspecified atom stereocenters. The fraction of sp³-hybridized carbons (Fsp3) is 0.333. The smallest absolute Gasteiger partial charge is 0.123 e. The monoisotopic (exact) mass is 302 g/mol. The van der Waals surface area contributed by atoms with E-state index in [0.717, 1.165) is 30.1 Å². The molecule has 22 heavy (non-hydrogen) atoms. The van der Waals surface area contributed by atoms with Gasteiger partial charge in [0.15, 0.2) is 0 Å². The highest BCUT2D eigenvalue weighted by molar-refractivity contribution is 5.50. The number of nitrogens with two attached hydrogens (primary N) is 1. The molecule has 0 spiro atoms. The number of ether oxygens (including phenoxy) is 1. The topological polar surface area (TPSA) is 38.5 Å². The minimum atomic E-state index is -0.280. The molecule has 0 aliphatic heterocycles. The molecule has 0 fully saturated rings. The van der Waals surface area contributed by atoms with Gasteiger partial charge in [-0.15, -0.1) is 0 Å². The van der Waals surface area contributed by atoms with Crippen LogP contribution in [-0.4, -0.2) is 19.7 Å². The number of hydrogen-bond acceptors (Lipinski definition) is 3. The van der Waals surface area contributed by atoms with Gasteiger partial charge in [-0.2, -0.15) is 0 Å². The van der Waals surface area contributed by atoms with E-state index in [9.17, 15) is 4.39 Å². The first kappa shape index (κ1) is 16.3. The maximum absolute atomic E-state index is 12.9. The van der Waals surface area contributed by atoms with Crippen LogP contribution in [0.25, 0.3) is 0 Å². The Morgan fingerprint density at radius 3 is 2.41 bits per heavy atom. The molecule has 2 aromatic carbocycles. The summed E-state index contributed by atoms with van der Waals surface area (Å²) in [6.07, 6.45) is 0. The second-order valence-corrected chi connectivity index (χ2v) is 5.14. The molecule has 0 heterocycles. The van der Waals surface area contributed by atoms with Crippen LogP contribution in [0.15, 0.2) is 48.5 Å². The number of halogens is 1. The van der Waals surface area contributed by atoms with Gasteiger partial charge in [0.1, 0.15) is 18.2 Å². The molecule has 0 aliphatic carbocycles. The van der Waals surface area contributed by atoms with Gasteiger partial charge in [-0.05, 0) is 43.7 Å². The third-order valence-corrected chi connectivity index (χ3v) is 3.67. The van der Waals surface area contributed by atoms with Crippen LogP contribution in [0, 0.1) is 5.82 Å². The molecule has 2 aromatic rings. The van der Waals surface area contributed by atoms with Crippen LogP contribution < -0.4 is 15.4 Å². The highest BCUT2D eigenvalue weighted by Crippen LogP contribution is 2.22. The number of anilines is 1. The Morgan fingerprint density at radius 1 is 1.09 bits per heavy atom. The molecule has 1 atom stereocenters. The highest BCUT2D eigenvalue weighted by atomic mass is 19.1. The Kier molecular flexibility index (Phi) is 5.78. The van der Waals surface area contributed by atoms with E-state index in [1.807, 2.05) is 18.2 Å². The van der Waals surface area contributed by atoms with Crippen LogP contribution in [-0.2, 0) is 0 Å². The Hall–Kier alpha value is -2.07. The molecule has 118 valence electrons. The Bertz CT molecular complexity index is 582. The van der Waals surface area contributed by atoms with Crippen molar-refractivity contribution in [1.29, 1.82) is 0 Å². The number of hydrogen-bond donors (Lipinski definition) is 1. The summed E-state index contributed by atoms with van der Waals surface area (Å²) >= 11 is 0. The maximum Gasteiger partial charge on any atom is 0.123 e. The predicted octanol–water partition coefficient (Wildman–Crippen LogP) is 3.75. The molecule has 2 rings (SSSR count). The van der Waals surface area contributed by atoms with Crippen LogP contribution >= 0.6 is 0 Å². The minimum Gasteiger partial charge on any atom is -0.492 e. The van der Waals surface area contributed by atoms with E-state index in [1.54, 1.807) is 12.1 Å². The average Bonchev–Trinajstić information content (AvgIpc) is 2.55. The van der Waals surface area contributed by atoms with Crippen LogP contribution in [0.4, 0.5) is 10.1 Å². The second-order valence-electron chi connectivity index (χ2n) is 5.14. The number of rotatable bonds is 7. The molecular weight excluding hydrogens is 279 g/mol. The molecule has 2 N–H and O–H groups in total. The summed E-state index contributed by atoms with van der Waals surface area (Å²) in [6, 6.07) is 13.9. The summed E-state index contributed by atoms with van der Waals surface area (Å²) in [5, 5.41) is 0. The first-order valence-corrected chi connectivity index (χ1v) is 7.63. The molecule has 0 saturated carbocycles. The molecule has 0 amide bonds. The maximum atomic E-state index is 12.9. The minimum absolute atomic E-state index is 0.260. The molecule has 0 aromatic heterocycles. The van der Waals surface area contributed by atoms with Crippen molar-refractivity contribution in [1.82, 2.24) is 0 Å². The van der Waals surface area contributed by atoms with Gasteiger partial charge < -0.3 is 15.4 Å². The SMILES string of the molecule is CCN(CC)c1cccc(OCC(N)c2ccc(F)cc2)c1. The zero-order chi connectivity index (χ0) is 15.9. The van der Waals surface area contributed by atoms with Crippen LogP contribution in [0.3, 0.4) is 0 Å². The fourth-order valence-corrected chi connectivity index (χ4v) is 2.35. The lowest BCUT2D eigenvalue weighted by molar-refractivity contribution is 0.290. The van der Waals surface area contributed by atoms with Gasteiger partial charge >= 0.3 is 0 Å². The van der Waals surface area contributed by atoms with E-state index >= 15 is 0 Å². The summed E-state index contributed by atoms with van der Waals surface area (Å²) < 4.78 is 18.7. The van der Waals surface area contributed by atoms with Crippen molar-refractivity contribution in [2.75, 3.05) is 24.6 Å². The van der Waals surface area contributed by atoms with Crippen molar-refractivity contribution in [2.45, 2.75) is 19.9 Å². The van der Waals surface area contributed by atoms with E-state index in [4.69, 9.17) is 10.5 Å². The van der Waals surface area contributed by atoms with E-state index in [2.05, 4.69) is 24.8 Å². The zero-order valence-electron chi connectivity index (χ0n) is 13.1. The lowest BCUT2D eigenvalue weighted by Gasteiger charge is -2.22. The van der Waals surface area contributed by atoms with Crippen molar-refractivity contribution in [3.8, 4) is 5.75 Å². The van der Waals surface area contributed by atoms with E-state index in [-0.39, 0.29) is 11.9 Å². The van der Waals surface area contributed by atoms with E-state index in [1.165, 1.54) is 12.1 Å². The normalized spacial score (nSPS) is 12.0. The van der Waals surface area contributed by atoms with Gasteiger partial charge in [-0.3, -0.25) is 0 Å². The fourth-order valence-electron chi connectivity index (χ4n) is 2.35. The second kappa shape index (κ2) is 7.80. The standard InChI is InChI=1S/C18H23FN2O/c1-3-21(4-2)16-6-5-7-17(12-16)22-13-18(20)14-8-10-15(19)11-9-14/h5-12,18H,3-4,13,20H2,1-2H3. The molecule has 3 nitrogen and oxygen atoms in total. The van der Waals surface area contributed by atoms with E-state index in [0.29, 0.717) is 6.61 Å². The summed E-state index contributed by atoms with van der Waals surface area (Å²) in [6.45, 7) is 6.51. The van der Waals surface area contributed by atoms with Crippen molar-refractivity contribution < 1.29 is 9.13 Å². The van der Waals surface area contributed by atoms with Gasteiger partial charge in [0.2, 0.25) is 0 Å². The summed E-state index contributed by atoms with van der Waals surface area (Å²) in [5.74, 6) is 0.533. The lowest BCUT2D eigenvalue weighted by Crippen LogP contribution is -2.22. The molecule has 4 heteroatoms. The first-order chi connectivity index (χ1) is 10.6. The van der Waals surface area contributed by atoms with Crippen LogP contribution in [0.1, 0.15) is 25.5 Å². The Balaban J connectivity index is 1.99. The van der Waals surface area contributed by atoms with Crippen molar-refractivity contribution >= 4 is 5.69 Å². The highest BCUT2D eigenvalue weighted by Gasteiger charge is 2.08. The van der Waals surface area contributed by atoms with E-state index < -0.39 is 0 Å². The Labute approximate surface area is 131 Å². The number of nitrogens with zero attached hydrogens (tertiary/aromatic N) is 1. The average molecular weight is 302 g/mol. The first-order valence-electron chi connectivity index (χ1n) is 7.63. The quantitative estimate of drug-likeness (QED) is 0.846. The Morgan fingerprint density at radius 2 is 1.77 bits per heavy atom. The molecule has 0 radical (unpaired) electrons. The molecule has 0 aliphatic rings. The van der Waals surface area contributed by atoms with Gasteiger partial charge in [0.25, 0.3) is 0 Å². The molecule has 0 saturated heterocycles. The molecule has 0 bridgehead atoms. The van der Waals surface area contributed by atoms with Gasteiger partial charge in [0, 0.05) is 24.8 Å². The summed E-state index contributed by atoms with van der Waals surface area (Å²) in [5.41, 5.74) is 8.08. The van der Waals surface area contributed by atoms with Crippen LogP contribution in [0.2, 0.25) is 0 Å². The lowest BCUT2D eigenvalue weighted by atomic mass is 10.1. The van der Waals surface area contributed by atoms with Crippen molar-refractivity contribution in [3.63, 3.8) is 0 Å². The largest absolute Gasteiger partial charge is 0.492 e. The van der Waals surface area contributed by atoms with Gasteiger partial charge in [0.05, 0.1) is 6.04 Å². The third kappa shape index (κ3) is 4.21. The van der Waals surface area contributed by atoms with Crippen molar-refractivity contribution in [3.05, 3.63) is 59.9 Å². The summed E-state index contributed by atoms with van der Waals surface area (Å²) in [4.78, 5) is 2.26. The summed E-state index contributed by atoms with van der Waals surface area (Å²) in [7, 11) is 0. The van der Waals surface area contributed by atoms with Crippen molar-refractivity contribution in [2.24, 2.45) is 5.73 Å². The van der Waals surface area contributed by atoms with Gasteiger partial charge in [-0.1, -0.05) is 18.2 Å². The van der Waals surface area contributed by atoms with Crippen LogP contribution in [0.5, 0.6) is 5.75 Å². The predicted molar refractivity (Wildman–Crippen MR) is 88.8 cm³/mol. The zero-order valence-corrected chi connectivity index (χ0v) is 13.1. The third-order valence-electron chi connectivity index (χ3n) is 3.67. The van der Waals surface area contributed by atoms with Gasteiger partial charge in [-0.25, -0.2) is 4.39 Å².